The van der Waals surface area contributed by atoms with Gasteiger partial charge in [-0.25, -0.2) is 13.2 Å². The summed E-state index contributed by atoms with van der Waals surface area (Å²) in [6, 6.07) is 2.99. The van der Waals surface area contributed by atoms with Gasteiger partial charge in [0, 0.05) is 5.56 Å². The lowest BCUT2D eigenvalue weighted by atomic mass is 9.71. The maximum Gasteiger partial charge on any atom is 0.132 e. The molecule has 0 spiro atoms. The van der Waals surface area contributed by atoms with Crippen LogP contribution in [0, 0.1) is 11.6 Å². The number of alkyl halides is 1. The molecule has 144 valence electrons. The van der Waals surface area contributed by atoms with Crippen molar-refractivity contribution in [3.63, 3.8) is 0 Å². The van der Waals surface area contributed by atoms with Gasteiger partial charge in [0.05, 0.1) is 0 Å². The summed E-state index contributed by atoms with van der Waals surface area (Å²) in [6.07, 6.45) is 11.7. The largest absolute Gasteiger partial charge is 0.239 e. The Labute approximate surface area is 155 Å². The molecule has 0 radical (unpaired) electrons. The Hall–Kier alpha value is -1.25. The van der Waals surface area contributed by atoms with Gasteiger partial charge in [0.1, 0.15) is 17.3 Å². The Kier molecular flexibility index (Phi) is 6.47. The molecule has 3 rings (SSSR count). The Bertz CT molecular complexity index is 616. The van der Waals surface area contributed by atoms with Crippen LogP contribution in [0.5, 0.6) is 0 Å². The number of halogens is 3. The lowest BCUT2D eigenvalue weighted by Crippen LogP contribution is -2.32. The van der Waals surface area contributed by atoms with Crippen LogP contribution in [0.3, 0.4) is 0 Å². The molecule has 2 aliphatic rings. The number of unbranched alkanes of at least 4 members (excludes halogenated alkanes) is 2. The fraction of sp³-hybridized carbons (Fsp3) is 0.652. The number of aryl methyl sites for hydroxylation is 1. The molecule has 3 heteroatoms. The number of hydrogen-bond acceptors (Lipinski definition) is 0. The Morgan fingerprint density at radius 2 is 1.73 bits per heavy atom. The van der Waals surface area contributed by atoms with Gasteiger partial charge < -0.3 is 0 Å². The van der Waals surface area contributed by atoms with E-state index in [2.05, 4.69) is 13.0 Å². The molecule has 0 bridgehead atoms. The number of allylic oxidation sites excluding steroid dienone is 2. The summed E-state index contributed by atoms with van der Waals surface area (Å²) in [5.41, 5.74) is 0.614. The highest BCUT2D eigenvalue weighted by molar-refractivity contribution is 5.31. The van der Waals surface area contributed by atoms with Crippen LogP contribution in [0.15, 0.2) is 23.8 Å². The summed E-state index contributed by atoms with van der Waals surface area (Å²) in [6.45, 7) is 2.11. The molecule has 1 aromatic rings. The van der Waals surface area contributed by atoms with E-state index in [-0.39, 0.29) is 11.5 Å². The lowest BCUT2D eigenvalue weighted by molar-refractivity contribution is 0.130. The molecule has 1 fully saturated rings. The van der Waals surface area contributed by atoms with Crippen molar-refractivity contribution in [2.45, 2.75) is 95.6 Å². The second-order valence-corrected chi connectivity index (χ2v) is 8.14. The molecule has 0 aromatic heterocycles. The van der Waals surface area contributed by atoms with Gasteiger partial charge in [-0.3, -0.25) is 0 Å². The minimum atomic E-state index is -1.25. The third-order valence-corrected chi connectivity index (χ3v) is 6.26. The van der Waals surface area contributed by atoms with Crippen molar-refractivity contribution < 1.29 is 13.2 Å². The lowest BCUT2D eigenvalue weighted by Gasteiger charge is -2.37. The maximum absolute atomic E-state index is 15.3. The van der Waals surface area contributed by atoms with Crippen LogP contribution in [-0.4, -0.2) is 5.67 Å². The van der Waals surface area contributed by atoms with Gasteiger partial charge in [-0.05, 0) is 93.4 Å². The van der Waals surface area contributed by atoms with Gasteiger partial charge in [0.2, 0.25) is 0 Å². The Balaban J connectivity index is 1.68. The van der Waals surface area contributed by atoms with Gasteiger partial charge in [-0.1, -0.05) is 25.8 Å². The van der Waals surface area contributed by atoms with E-state index in [0.29, 0.717) is 32.1 Å². The van der Waals surface area contributed by atoms with Crippen LogP contribution in [-0.2, 0) is 6.42 Å². The van der Waals surface area contributed by atoms with E-state index >= 15 is 4.39 Å². The topological polar surface area (TPSA) is 0 Å². The first kappa shape index (κ1) is 19.5. The zero-order valence-electron chi connectivity index (χ0n) is 15.9. The molecule has 0 amide bonds. The highest BCUT2D eigenvalue weighted by atomic mass is 19.1. The van der Waals surface area contributed by atoms with Crippen LogP contribution >= 0.6 is 0 Å². The van der Waals surface area contributed by atoms with E-state index in [1.807, 2.05) is 0 Å². The second-order valence-electron chi connectivity index (χ2n) is 8.14. The SMILES string of the molecule is CCCCCc1cc(F)c(C2CCC(F)(C3=CCCCC3)CC2)c(F)c1. The predicted octanol–water partition coefficient (Wildman–Crippen LogP) is 7.56. The molecule has 1 saturated carbocycles. The maximum atomic E-state index is 15.3. The second kappa shape index (κ2) is 8.63. The normalized spacial score (nSPS) is 26.6. The quantitative estimate of drug-likeness (QED) is 0.361. The molecule has 1 aromatic carbocycles. The van der Waals surface area contributed by atoms with E-state index in [4.69, 9.17) is 0 Å². The van der Waals surface area contributed by atoms with Crippen LogP contribution in [0.1, 0.15) is 94.6 Å². The first-order valence-corrected chi connectivity index (χ1v) is 10.4. The van der Waals surface area contributed by atoms with Crippen molar-refractivity contribution in [2.24, 2.45) is 0 Å². The third kappa shape index (κ3) is 4.35. The zero-order chi connectivity index (χ0) is 18.6. The van der Waals surface area contributed by atoms with Gasteiger partial charge >= 0.3 is 0 Å². The molecule has 26 heavy (non-hydrogen) atoms. The standard InChI is InChI=1S/C23H31F3/c1-2-3-5-8-17-15-20(24)22(21(25)16-17)18-11-13-23(26,14-12-18)19-9-6-4-7-10-19/h9,15-16,18H,2-8,10-14H2,1H3. The molecule has 0 N–H and O–H groups in total. The van der Waals surface area contributed by atoms with Gasteiger partial charge in [0.15, 0.2) is 0 Å². The summed E-state index contributed by atoms with van der Waals surface area (Å²) in [5.74, 6) is -1.08. The van der Waals surface area contributed by atoms with Crippen molar-refractivity contribution >= 4 is 0 Å². The van der Waals surface area contributed by atoms with Crippen molar-refractivity contribution in [3.8, 4) is 0 Å². The summed E-state index contributed by atoms with van der Waals surface area (Å²) in [7, 11) is 0. The van der Waals surface area contributed by atoms with Crippen LogP contribution < -0.4 is 0 Å². The van der Waals surface area contributed by atoms with Crippen LogP contribution in [0.2, 0.25) is 0 Å². The first-order valence-electron chi connectivity index (χ1n) is 10.4. The Morgan fingerprint density at radius 3 is 2.31 bits per heavy atom. The number of benzene rings is 1. The molecule has 0 nitrogen and oxygen atoms in total. The van der Waals surface area contributed by atoms with E-state index in [1.165, 1.54) is 12.1 Å². The van der Waals surface area contributed by atoms with Crippen molar-refractivity contribution in [2.75, 3.05) is 0 Å². The summed E-state index contributed by atoms with van der Waals surface area (Å²) < 4.78 is 44.5. The zero-order valence-corrected chi connectivity index (χ0v) is 15.9. The molecule has 2 aliphatic carbocycles. The van der Waals surface area contributed by atoms with E-state index < -0.39 is 17.3 Å². The van der Waals surface area contributed by atoms with Gasteiger partial charge in [0.25, 0.3) is 0 Å². The molecular formula is C23H31F3. The smallest absolute Gasteiger partial charge is 0.132 e. The molecule has 0 saturated heterocycles. The fourth-order valence-corrected chi connectivity index (χ4v) is 4.68. The minimum Gasteiger partial charge on any atom is -0.239 e. The Morgan fingerprint density at radius 1 is 1.04 bits per heavy atom. The first-order chi connectivity index (χ1) is 12.5. The minimum absolute atomic E-state index is 0.184. The van der Waals surface area contributed by atoms with Crippen LogP contribution in [0.25, 0.3) is 0 Å². The fourth-order valence-electron chi connectivity index (χ4n) is 4.68. The van der Waals surface area contributed by atoms with E-state index in [1.54, 1.807) is 0 Å². The van der Waals surface area contributed by atoms with Crippen LogP contribution in [0.4, 0.5) is 13.2 Å². The van der Waals surface area contributed by atoms with Crippen molar-refractivity contribution in [1.29, 1.82) is 0 Å². The van der Waals surface area contributed by atoms with E-state index in [0.717, 1.165) is 56.1 Å². The molecule has 0 aliphatic heterocycles. The predicted molar refractivity (Wildman–Crippen MR) is 101 cm³/mol. The van der Waals surface area contributed by atoms with E-state index in [9.17, 15) is 8.78 Å². The van der Waals surface area contributed by atoms with Gasteiger partial charge in [-0.15, -0.1) is 0 Å². The summed E-state index contributed by atoms with van der Waals surface area (Å²) >= 11 is 0. The summed E-state index contributed by atoms with van der Waals surface area (Å²) in [4.78, 5) is 0. The molecular weight excluding hydrogens is 333 g/mol. The van der Waals surface area contributed by atoms with Crippen molar-refractivity contribution in [3.05, 3.63) is 46.5 Å². The molecule has 0 unspecified atom stereocenters. The monoisotopic (exact) mass is 364 g/mol. The average Bonchev–Trinajstić information content (AvgIpc) is 2.64. The molecule has 0 heterocycles. The highest BCUT2D eigenvalue weighted by Crippen LogP contribution is 2.47. The molecule has 0 atom stereocenters. The summed E-state index contributed by atoms with van der Waals surface area (Å²) in [5, 5.41) is 0. The number of rotatable bonds is 6. The highest BCUT2D eigenvalue weighted by Gasteiger charge is 2.40. The van der Waals surface area contributed by atoms with Crippen molar-refractivity contribution in [1.82, 2.24) is 0 Å². The average molecular weight is 364 g/mol. The van der Waals surface area contributed by atoms with Gasteiger partial charge in [-0.2, -0.15) is 0 Å². The number of hydrogen-bond donors (Lipinski definition) is 0. The third-order valence-electron chi connectivity index (χ3n) is 6.26.